The van der Waals surface area contributed by atoms with Crippen molar-refractivity contribution in [2.75, 3.05) is 30.9 Å². The summed E-state index contributed by atoms with van der Waals surface area (Å²) < 4.78 is 46.7. The van der Waals surface area contributed by atoms with E-state index >= 15 is 0 Å². The first kappa shape index (κ1) is 41.1. The van der Waals surface area contributed by atoms with Crippen LogP contribution in [0.1, 0.15) is 62.5 Å². The summed E-state index contributed by atoms with van der Waals surface area (Å²) in [5.41, 5.74) is 2.50. The van der Waals surface area contributed by atoms with Gasteiger partial charge >= 0.3 is 6.18 Å². The Kier molecular flexibility index (Phi) is 14.0. The number of halogens is 3. The van der Waals surface area contributed by atoms with Gasteiger partial charge in [0.25, 0.3) is 0 Å². The third-order valence-electron chi connectivity index (χ3n) is 11.2. The summed E-state index contributed by atoms with van der Waals surface area (Å²) in [6, 6.07) is 24.7. The SMILES string of the molecule is COc1ccccc1N1CCCCC(NC(=O)C(CCC(Cc2ccccc2)C(=O)NC2CCSC3CCC(C(F)(F)F)CN3C2=O)Cc2ccccc2)C1=O. The molecule has 0 spiro atoms. The van der Waals surface area contributed by atoms with Crippen molar-refractivity contribution in [2.24, 2.45) is 17.8 Å². The maximum Gasteiger partial charge on any atom is 0.393 e. The van der Waals surface area contributed by atoms with Crippen molar-refractivity contribution in [2.45, 2.75) is 87.8 Å². The summed E-state index contributed by atoms with van der Waals surface area (Å²) in [7, 11) is 1.56. The summed E-state index contributed by atoms with van der Waals surface area (Å²) in [4.78, 5) is 59.2. The van der Waals surface area contributed by atoms with Gasteiger partial charge in [-0.05, 0) is 93.2 Å². The normalized spacial score (nSPS) is 22.9. The van der Waals surface area contributed by atoms with Gasteiger partial charge in [-0.2, -0.15) is 13.2 Å². The average molecular weight is 793 g/mol. The highest BCUT2D eigenvalue weighted by Crippen LogP contribution is 2.40. The molecule has 0 radical (unpaired) electrons. The number of hydrogen-bond donors (Lipinski definition) is 2. The van der Waals surface area contributed by atoms with Gasteiger partial charge in [-0.15, -0.1) is 11.8 Å². The van der Waals surface area contributed by atoms with Crippen molar-refractivity contribution in [1.82, 2.24) is 15.5 Å². The van der Waals surface area contributed by atoms with Gasteiger partial charge in [-0.3, -0.25) is 19.2 Å². The maximum atomic E-state index is 14.3. The molecule has 0 aliphatic carbocycles. The number of rotatable bonds is 13. The molecule has 0 aromatic heterocycles. The molecule has 56 heavy (non-hydrogen) atoms. The van der Waals surface area contributed by atoms with Crippen molar-refractivity contribution in [1.29, 1.82) is 0 Å². The molecule has 3 fully saturated rings. The van der Waals surface area contributed by atoms with Crippen molar-refractivity contribution < 1.29 is 37.1 Å². The summed E-state index contributed by atoms with van der Waals surface area (Å²) in [6.07, 6.45) is -0.488. The highest BCUT2D eigenvalue weighted by Gasteiger charge is 2.47. The fourth-order valence-electron chi connectivity index (χ4n) is 8.09. The Labute approximate surface area is 331 Å². The third-order valence-corrected chi connectivity index (χ3v) is 12.6. The molecule has 3 aromatic rings. The number of carbonyl (C=O) groups excluding carboxylic acids is 4. The fourth-order valence-corrected chi connectivity index (χ4v) is 9.41. The number of amides is 4. The van der Waals surface area contributed by atoms with E-state index in [0.717, 1.165) is 24.0 Å². The second-order valence-electron chi connectivity index (χ2n) is 15.1. The number of carbonyl (C=O) groups is 4. The highest BCUT2D eigenvalue weighted by atomic mass is 32.2. The lowest BCUT2D eigenvalue weighted by Gasteiger charge is -2.39. The topological polar surface area (TPSA) is 108 Å². The third kappa shape index (κ3) is 10.5. The number of nitrogens with one attached hydrogen (secondary N) is 2. The van der Waals surface area contributed by atoms with Gasteiger partial charge in [-0.1, -0.05) is 72.8 Å². The number of methoxy groups -OCH3 is 1. The molecule has 0 saturated carbocycles. The Hall–Kier alpha value is -4.52. The standard InChI is InChI=1S/C43H51F3N4O5S/c1-55-37-18-9-8-17-36(37)49-24-11-10-16-34(41(49)53)47-39(51)31(26-29-12-4-2-5-13-29)19-20-32(27-30-14-6-3-7-15-30)40(52)48-35-23-25-56-38-22-21-33(43(44,45)46)28-50(38)42(35)54/h2-9,12-15,17-18,31-35,38H,10-11,16,19-28H2,1H3,(H,47,51)(H,48,52). The lowest BCUT2D eigenvalue weighted by Crippen LogP contribution is -2.55. The molecule has 3 aliphatic heterocycles. The molecule has 3 heterocycles. The summed E-state index contributed by atoms with van der Waals surface area (Å²) in [5.74, 6) is -3.02. The Morgan fingerprint density at radius 1 is 0.768 bits per heavy atom. The van der Waals surface area contributed by atoms with Crippen LogP contribution in [0.2, 0.25) is 0 Å². The van der Waals surface area contributed by atoms with E-state index < -0.39 is 48.5 Å². The first-order valence-electron chi connectivity index (χ1n) is 19.6. The zero-order valence-electron chi connectivity index (χ0n) is 31.7. The number of nitrogens with zero attached hydrogens (tertiary/aromatic N) is 2. The lowest BCUT2D eigenvalue weighted by molar-refractivity contribution is -0.189. The van der Waals surface area contributed by atoms with E-state index in [1.807, 2.05) is 78.9 Å². The van der Waals surface area contributed by atoms with Gasteiger partial charge in [0, 0.05) is 24.9 Å². The lowest BCUT2D eigenvalue weighted by atomic mass is 9.86. The van der Waals surface area contributed by atoms with Crippen LogP contribution in [0.15, 0.2) is 84.9 Å². The van der Waals surface area contributed by atoms with Crippen molar-refractivity contribution in [3.63, 3.8) is 0 Å². The van der Waals surface area contributed by atoms with Gasteiger partial charge in [0.15, 0.2) is 0 Å². The van der Waals surface area contributed by atoms with Gasteiger partial charge in [0.05, 0.1) is 24.1 Å². The van der Waals surface area contributed by atoms with Crippen LogP contribution in [-0.2, 0) is 32.0 Å². The summed E-state index contributed by atoms with van der Waals surface area (Å²) >= 11 is 1.47. The van der Waals surface area contributed by atoms with Crippen LogP contribution in [0.25, 0.3) is 0 Å². The number of thioether (sulfide) groups is 1. The smallest absolute Gasteiger partial charge is 0.393 e. The molecule has 6 atom stereocenters. The number of hydrogen-bond acceptors (Lipinski definition) is 6. The molecule has 13 heteroatoms. The Bertz CT molecular complexity index is 1800. The Balaban J connectivity index is 1.19. The number of alkyl halides is 3. The van der Waals surface area contributed by atoms with E-state index in [4.69, 9.17) is 4.74 Å². The molecule has 3 saturated heterocycles. The number of piperidine rings is 1. The molecule has 2 N–H and O–H groups in total. The van der Waals surface area contributed by atoms with E-state index in [9.17, 15) is 32.3 Å². The van der Waals surface area contributed by atoms with Crippen LogP contribution in [0.3, 0.4) is 0 Å². The van der Waals surface area contributed by atoms with E-state index in [1.54, 1.807) is 18.1 Å². The van der Waals surface area contributed by atoms with E-state index in [-0.39, 0.29) is 35.9 Å². The zero-order valence-corrected chi connectivity index (χ0v) is 32.5. The second-order valence-corrected chi connectivity index (χ2v) is 16.3. The minimum atomic E-state index is -4.40. The Morgan fingerprint density at radius 2 is 1.34 bits per heavy atom. The van der Waals surface area contributed by atoms with E-state index in [2.05, 4.69) is 10.6 Å². The van der Waals surface area contributed by atoms with Crippen molar-refractivity contribution in [3.8, 4) is 5.75 Å². The number of fused-ring (bicyclic) bond motifs is 1. The predicted octanol–water partition coefficient (Wildman–Crippen LogP) is 6.94. The van der Waals surface area contributed by atoms with Crippen LogP contribution < -0.4 is 20.3 Å². The van der Waals surface area contributed by atoms with Crippen LogP contribution in [0.5, 0.6) is 5.75 Å². The monoisotopic (exact) mass is 792 g/mol. The largest absolute Gasteiger partial charge is 0.495 e. The number of benzene rings is 3. The van der Waals surface area contributed by atoms with Gasteiger partial charge in [-0.25, -0.2) is 0 Å². The minimum absolute atomic E-state index is 0.0201. The molecule has 6 unspecified atom stereocenters. The molecule has 3 aromatic carbocycles. The van der Waals surface area contributed by atoms with Crippen molar-refractivity contribution in [3.05, 3.63) is 96.1 Å². The maximum absolute atomic E-state index is 14.3. The number of para-hydroxylation sites is 2. The summed E-state index contributed by atoms with van der Waals surface area (Å²) in [6.45, 7) is 0.0923. The van der Waals surface area contributed by atoms with Crippen LogP contribution in [-0.4, -0.2) is 78.1 Å². The molecule has 4 amide bonds. The highest BCUT2D eigenvalue weighted by molar-refractivity contribution is 7.99. The number of ether oxygens (including phenoxy) is 1. The van der Waals surface area contributed by atoms with Crippen molar-refractivity contribution >= 4 is 41.1 Å². The van der Waals surface area contributed by atoms with E-state index in [1.165, 1.54) is 16.7 Å². The second kappa shape index (κ2) is 19.1. The molecular formula is C43H51F3N4O5S. The molecule has 6 rings (SSSR count). The average Bonchev–Trinajstić information content (AvgIpc) is 3.48. The van der Waals surface area contributed by atoms with Gasteiger partial charge < -0.3 is 25.2 Å². The van der Waals surface area contributed by atoms with E-state index in [0.29, 0.717) is 62.3 Å². The first-order valence-corrected chi connectivity index (χ1v) is 20.7. The first-order chi connectivity index (χ1) is 27.0. The van der Waals surface area contributed by atoms with Crippen LogP contribution in [0, 0.1) is 17.8 Å². The Morgan fingerprint density at radius 3 is 1.93 bits per heavy atom. The van der Waals surface area contributed by atoms with Gasteiger partial charge in [0.1, 0.15) is 17.8 Å². The van der Waals surface area contributed by atoms with Crippen LogP contribution in [0.4, 0.5) is 18.9 Å². The molecular weight excluding hydrogens is 742 g/mol. The predicted molar refractivity (Wildman–Crippen MR) is 211 cm³/mol. The quantitative estimate of drug-likeness (QED) is 0.194. The molecule has 3 aliphatic rings. The number of anilines is 1. The van der Waals surface area contributed by atoms with Crippen LogP contribution >= 0.6 is 11.8 Å². The fraction of sp³-hybridized carbons (Fsp3) is 0.488. The zero-order chi connectivity index (χ0) is 39.7. The van der Waals surface area contributed by atoms with Gasteiger partial charge in [0.2, 0.25) is 23.6 Å². The molecule has 9 nitrogen and oxygen atoms in total. The summed E-state index contributed by atoms with van der Waals surface area (Å²) in [5, 5.41) is 5.68. The molecule has 300 valence electrons. The molecule has 0 bridgehead atoms. The minimum Gasteiger partial charge on any atom is -0.495 e.